The van der Waals surface area contributed by atoms with Crippen molar-refractivity contribution in [2.75, 3.05) is 26.9 Å². The molecule has 0 bridgehead atoms. The van der Waals surface area contributed by atoms with Crippen LogP contribution in [-0.4, -0.2) is 48.6 Å². The van der Waals surface area contributed by atoms with E-state index in [4.69, 9.17) is 21.0 Å². The van der Waals surface area contributed by atoms with Gasteiger partial charge in [-0.25, -0.2) is 4.98 Å². The first kappa shape index (κ1) is 24.9. The molecule has 0 spiro atoms. The molecule has 0 aliphatic carbocycles. The maximum absolute atomic E-state index is 13.0. The number of methoxy groups -OCH3 is 1. The fourth-order valence-electron chi connectivity index (χ4n) is 3.73. The Kier molecular flexibility index (Phi) is 7.64. The van der Waals surface area contributed by atoms with E-state index in [1.54, 1.807) is 35.6 Å². The molecule has 2 aromatic heterocycles. The Hall–Kier alpha value is -4.19. The molecule has 4 aromatic rings. The molecule has 0 fully saturated rings. The van der Waals surface area contributed by atoms with Gasteiger partial charge in [-0.3, -0.25) is 9.59 Å². The quantitative estimate of drug-likeness (QED) is 0.264. The van der Waals surface area contributed by atoms with E-state index in [0.717, 1.165) is 15.6 Å². The number of carbonyl (C=O) groups excluding carboxylic acids is 2. The number of nitrogens with zero attached hydrogens (tertiary/aromatic N) is 1. The first-order valence-electron chi connectivity index (χ1n) is 11.1. The Morgan fingerprint density at radius 1 is 1.17 bits per heavy atom. The number of aromatic nitrogens is 1. The summed E-state index contributed by atoms with van der Waals surface area (Å²) < 4.78 is 11.8. The lowest BCUT2D eigenvalue weighted by Crippen LogP contribution is -2.30. The summed E-state index contributed by atoms with van der Waals surface area (Å²) in [5.74, 6) is 2.51. The van der Waals surface area contributed by atoms with Crippen LogP contribution in [0.1, 0.15) is 32.0 Å². The molecule has 2 aromatic carbocycles. The largest absolute Gasteiger partial charge is 0.493 e. The molecule has 8 heteroatoms. The second kappa shape index (κ2) is 11.0. The molecule has 2 heterocycles. The van der Waals surface area contributed by atoms with Gasteiger partial charge in [0.15, 0.2) is 17.3 Å². The first-order chi connectivity index (χ1) is 17.4. The number of rotatable bonds is 9. The second-order valence-corrected chi connectivity index (χ2v) is 8.79. The molecule has 1 amide bonds. The number of hydrogen-bond acceptors (Lipinski definition) is 7. The van der Waals surface area contributed by atoms with E-state index in [1.807, 2.05) is 17.5 Å². The molecule has 0 saturated carbocycles. The Morgan fingerprint density at radius 3 is 2.75 bits per heavy atom. The van der Waals surface area contributed by atoms with Gasteiger partial charge in [0.1, 0.15) is 12.3 Å². The van der Waals surface area contributed by atoms with Gasteiger partial charge in [-0.1, -0.05) is 24.1 Å². The first-order valence-corrected chi connectivity index (χ1v) is 12.0. The number of fused-ring (bicyclic) bond motifs is 1. The summed E-state index contributed by atoms with van der Waals surface area (Å²) in [4.78, 5) is 30.2. The van der Waals surface area contributed by atoms with E-state index in [1.165, 1.54) is 18.7 Å². The molecule has 182 valence electrons. The number of ether oxygens (including phenoxy) is 2. The van der Waals surface area contributed by atoms with E-state index >= 15 is 0 Å². The van der Waals surface area contributed by atoms with Crippen molar-refractivity contribution in [3.63, 3.8) is 0 Å². The van der Waals surface area contributed by atoms with Gasteiger partial charge in [-0.2, -0.15) is 0 Å². The summed E-state index contributed by atoms with van der Waals surface area (Å²) in [5, 5.41) is 14.6. The molecule has 7 nitrogen and oxygen atoms in total. The fourth-order valence-corrected chi connectivity index (χ4v) is 4.77. The van der Waals surface area contributed by atoms with E-state index in [0.29, 0.717) is 28.3 Å². The Labute approximate surface area is 212 Å². The third kappa shape index (κ3) is 5.23. The van der Waals surface area contributed by atoms with Crippen molar-refractivity contribution in [1.29, 1.82) is 0 Å². The summed E-state index contributed by atoms with van der Waals surface area (Å²) in [6.07, 6.45) is 5.65. The molecular formula is C28H24N2O5S. The summed E-state index contributed by atoms with van der Waals surface area (Å²) in [6.45, 7) is 1.75. The average Bonchev–Trinajstić information content (AvgIpc) is 3.35. The van der Waals surface area contributed by atoms with Crippen molar-refractivity contribution in [2.24, 2.45) is 0 Å². The topological polar surface area (TPSA) is 97.8 Å². The maximum atomic E-state index is 13.0. The maximum Gasteiger partial charge on any atom is 0.251 e. The van der Waals surface area contributed by atoms with Crippen LogP contribution in [0.25, 0.3) is 21.3 Å². The van der Waals surface area contributed by atoms with Gasteiger partial charge < -0.3 is 19.9 Å². The van der Waals surface area contributed by atoms with Crippen molar-refractivity contribution in [1.82, 2.24) is 10.3 Å². The van der Waals surface area contributed by atoms with E-state index in [9.17, 15) is 9.59 Å². The predicted molar refractivity (Wildman–Crippen MR) is 140 cm³/mol. The van der Waals surface area contributed by atoms with Gasteiger partial charge in [-0.15, -0.1) is 17.8 Å². The Balaban J connectivity index is 1.53. The van der Waals surface area contributed by atoms with Crippen molar-refractivity contribution in [3.8, 4) is 35.1 Å². The van der Waals surface area contributed by atoms with Crippen molar-refractivity contribution >= 4 is 33.1 Å². The van der Waals surface area contributed by atoms with E-state index in [2.05, 4.69) is 29.2 Å². The van der Waals surface area contributed by atoms with Crippen LogP contribution in [0.3, 0.4) is 0 Å². The number of hydrogen-bond donors (Lipinski definition) is 2. The minimum atomic E-state index is -0.456. The summed E-state index contributed by atoms with van der Waals surface area (Å²) in [7, 11) is 1.45. The average molecular weight is 501 g/mol. The Bertz CT molecular complexity index is 1490. The number of aryl methyl sites for hydroxylation is 1. The SMILES string of the molecule is C#Cc1cc(C(=O)CNC(=O)c2ccc(OCCO)c(OC)c2)nc(-c2csc3c(C)cccc23)c1. The van der Waals surface area contributed by atoms with Crippen LogP contribution in [0.4, 0.5) is 0 Å². The number of carbonyl (C=O) groups is 2. The van der Waals surface area contributed by atoms with E-state index in [-0.39, 0.29) is 31.2 Å². The number of amides is 1. The van der Waals surface area contributed by atoms with Gasteiger partial charge in [-0.05, 0) is 42.8 Å². The van der Waals surface area contributed by atoms with Crippen molar-refractivity contribution in [3.05, 3.63) is 76.3 Å². The number of aliphatic hydroxyl groups excluding tert-OH is 1. The molecule has 0 saturated heterocycles. The molecule has 0 radical (unpaired) electrons. The smallest absolute Gasteiger partial charge is 0.251 e. The number of thiophene rings is 1. The molecule has 4 rings (SSSR count). The number of ketones is 1. The molecule has 0 unspecified atom stereocenters. The van der Waals surface area contributed by atoms with Crippen LogP contribution in [0, 0.1) is 19.3 Å². The van der Waals surface area contributed by atoms with Crippen molar-refractivity contribution < 1.29 is 24.2 Å². The highest BCUT2D eigenvalue weighted by molar-refractivity contribution is 7.18. The zero-order chi connectivity index (χ0) is 25.7. The van der Waals surface area contributed by atoms with Gasteiger partial charge in [0, 0.05) is 32.2 Å². The van der Waals surface area contributed by atoms with Gasteiger partial charge in [0.05, 0.1) is 26.0 Å². The molecule has 0 aliphatic rings. The summed E-state index contributed by atoms with van der Waals surface area (Å²) >= 11 is 1.62. The lowest BCUT2D eigenvalue weighted by atomic mass is 10.0. The number of terminal acetylenes is 1. The zero-order valence-electron chi connectivity index (χ0n) is 19.8. The molecule has 36 heavy (non-hydrogen) atoms. The standard InChI is InChI=1S/C28H24N2O5S/c1-4-18-12-22(21-16-36-27-17(2)6-5-7-20(21)27)30-23(13-18)24(32)15-29-28(33)19-8-9-25(35-11-10-31)26(14-19)34-3/h1,5-9,12-14,16,31H,10-11,15H2,2-3H3,(H,29,33). The van der Waals surface area contributed by atoms with Crippen molar-refractivity contribution in [2.45, 2.75) is 6.92 Å². The highest BCUT2D eigenvalue weighted by atomic mass is 32.1. The number of Topliss-reactive ketones (excluding diaryl/α,β-unsaturated/α-hetero) is 1. The summed E-state index contributed by atoms with van der Waals surface area (Å²) in [5.41, 5.74) is 3.69. The van der Waals surface area contributed by atoms with E-state index < -0.39 is 5.91 Å². The minimum Gasteiger partial charge on any atom is -0.493 e. The number of benzene rings is 2. The highest BCUT2D eigenvalue weighted by Gasteiger charge is 2.17. The highest BCUT2D eigenvalue weighted by Crippen LogP contribution is 2.35. The fraction of sp³-hybridized carbons (Fsp3) is 0.179. The third-order valence-corrected chi connectivity index (χ3v) is 6.67. The molecular weight excluding hydrogens is 476 g/mol. The van der Waals surface area contributed by atoms with Gasteiger partial charge in [0.2, 0.25) is 0 Å². The number of nitrogens with one attached hydrogen (secondary N) is 1. The van der Waals surface area contributed by atoms with Crippen LogP contribution in [0.15, 0.2) is 53.9 Å². The Morgan fingerprint density at radius 2 is 2.00 bits per heavy atom. The van der Waals surface area contributed by atoms with Crippen LogP contribution in [0.5, 0.6) is 11.5 Å². The molecule has 2 N–H and O–H groups in total. The van der Waals surface area contributed by atoms with Crippen LogP contribution in [0.2, 0.25) is 0 Å². The summed E-state index contributed by atoms with van der Waals surface area (Å²) in [6, 6.07) is 14.0. The monoisotopic (exact) mass is 500 g/mol. The minimum absolute atomic E-state index is 0.100. The van der Waals surface area contributed by atoms with Crippen LogP contribution in [-0.2, 0) is 0 Å². The third-order valence-electron chi connectivity index (χ3n) is 5.53. The zero-order valence-corrected chi connectivity index (χ0v) is 20.6. The number of aliphatic hydroxyl groups is 1. The lowest BCUT2D eigenvalue weighted by Gasteiger charge is -2.11. The normalized spacial score (nSPS) is 10.6. The predicted octanol–water partition coefficient (Wildman–Crippen LogP) is 4.25. The number of pyridine rings is 1. The van der Waals surface area contributed by atoms with Crippen LogP contribution < -0.4 is 14.8 Å². The van der Waals surface area contributed by atoms with Gasteiger partial charge in [0.25, 0.3) is 5.91 Å². The second-order valence-electron chi connectivity index (χ2n) is 7.92. The lowest BCUT2D eigenvalue weighted by molar-refractivity contribution is 0.0902. The molecule has 0 aliphatic heterocycles. The van der Waals surface area contributed by atoms with Crippen LogP contribution >= 0.6 is 11.3 Å². The molecule has 0 atom stereocenters. The van der Waals surface area contributed by atoms with Gasteiger partial charge >= 0.3 is 0 Å².